The van der Waals surface area contributed by atoms with Gasteiger partial charge in [-0.05, 0) is 30.2 Å². The summed E-state index contributed by atoms with van der Waals surface area (Å²) in [7, 11) is 5.50. The van der Waals surface area contributed by atoms with Gasteiger partial charge in [0.15, 0.2) is 0 Å². The minimum Gasteiger partial charge on any atom is -0.362 e. The molecule has 1 N–H and O–H groups in total. The van der Waals surface area contributed by atoms with Gasteiger partial charge in [-0.25, -0.2) is 4.98 Å². The van der Waals surface area contributed by atoms with Crippen molar-refractivity contribution in [2.24, 2.45) is 0 Å². The van der Waals surface area contributed by atoms with Gasteiger partial charge >= 0.3 is 0 Å². The molecule has 0 aromatic carbocycles. The van der Waals surface area contributed by atoms with Crippen molar-refractivity contribution in [2.45, 2.75) is 19.4 Å². The number of hydrogen-bond acceptors (Lipinski definition) is 5. The first-order valence-electron chi connectivity index (χ1n) is 8.63. The molecule has 6 heteroatoms. The van der Waals surface area contributed by atoms with Crippen molar-refractivity contribution in [1.29, 1.82) is 0 Å². The zero-order valence-corrected chi connectivity index (χ0v) is 15.1. The minimum absolute atomic E-state index is 0.0893. The van der Waals surface area contributed by atoms with E-state index in [4.69, 9.17) is 4.98 Å². The molecule has 2 aromatic rings. The number of nitrogens with one attached hydrogen (secondary N) is 1. The Labute approximate surface area is 148 Å². The van der Waals surface area contributed by atoms with E-state index in [9.17, 15) is 4.79 Å². The van der Waals surface area contributed by atoms with Crippen molar-refractivity contribution in [3.8, 4) is 0 Å². The highest BCUT2D eigenvalue weighted by atomic mass is 16.1. The smallest absolute Gasteiger partial charge is 0.254 e. The van der Waals surface area contributed by atoms with Crippen molar-refractivity contribution in [1.82, 2.24) is 20.2 Å². The van der Waals surface area contributed by atoms with Crippen LogP contribution in [0.5, 0.6) is 0 Å². The molecule has 0 unspecified atom stereocenters. The maximum absolute atomic E-state index is 12.2. The SMILES string of the molecule is CNC(=O)c1cc2c(nc1N(C)C)CCN(Cc1ccccn1)CC2. The fourth-order valence-corrected chi connectivity index (χ4v) is 3.19. The van der Waals surface area contributed by atoms with Crippen molar-refractivity contribution >= 4 is 11.7 Å². The summed E-state index contributed by atoms with van der Waals surface area (Å²) in [4.78, 5) is 25.8. The summed E-state index contributed by atoms with van der Waals surface area (Å²) in [5.41, 5.74) is 4.00. The molecule has 0 spiro atoms. The number of carbonyl (C=O) groups is 1. The van der Waals surface area contributed by atoms with Gasteiger partial charge in [-0.15, -0.1) is 0 Å². The molecule has 1 aliphatic rings. The van der Waals surface area contributed by atoms with Crippen LogP contribution in [0.4, 0.5) is 5.82 Å². The van der Waals surface area contributed by atoms with E-state index >= 15 is 0 Å². The van der Waals surface area contributed by atoms with Gasteiger partial charge in [-0.1, -0.05) is 6.07 Å². The van der Waals surface area contributed by atoms with Gasteiger partial charge in [0.2, 0.25) is 0 Å². The maximum Gasteiger partial charge on any atom is 0.254 e. The molecule has 0 bridgehead atoms. The molecule has 0 atom stereocenters. The summed E-state index contributed by atoms with van der Waals surface area (Å²) in [6.07, 6.45) is 3.62. The predicted molar refractivity (Wildman–Crippen MR) is 98.9 cm³/mol. The van der Waals surface area contributed by atoms with Crippen LogP contribution >= 0.6 is 0 Å². The van der Waals surface area contributed by atoms with Crippen LogP contribution in [0, 0.1) is 0 Å². The molecule has 132 valence electrons. The molecular formula is C19H25N5O. The lowest BCUT2D eigenvalue weighted by atomic mass is 10.0. The summed E-state index contributed by atoms with van der Waals surface area (Å²) in [5, 5.41) is 2.72. The number of pyridine rings is 2. The van der Waals surface area contributed by atoms with E-state index in [1.54, 1.807) is 7.05 Å². The Morgan fingerprint density at radius 3 is 2.76 bits per heavy atom. The molecular weight excluding hydrogens is 314 g/mol. The Morgan fingerprint density at radius 1 is 1.28 bits per heavy atom. The third kappa shape index (κ3) is 3.96. The van der Waals surface area contributed by atoms with Gasteiger partial charge in [0.25, 0.3) is 5.91 Å². The van der Waals surface area contributed by atoms with Gasteiger partial charge < -0.3 is 10.2 Å². The van der Waals surface area contributed by atoms with Crippen LogP contribution in [0.3, 0.4) is 0 Å². The van der Waals surface area contributed by atoms with Crippen LogP contribution in [0.2, 0.25) is 0 Å². The third-order valence-electron chi connectivity index (χ3n) is 4.54. The van der Waals surface area contributed by atoms with Crippen molar-refractivity contribution in [2.75, 3.05) is 39.1 Å². The largest absolute Gasteiger partial charge is 0.362 e. The quantitative estimate of drug-likeness (QED) is 0.915. The third-order valence-corrected chi connectivity index (χ3v) is 4.54. The first kappa shape index (κ1) is 17.4. The number of rotatable bonds is 4. The first-order valence-corrected chi connectivity index (χ1v) is 8.63. The van der Waals surface area contributed by atoms with Gasteiger partial charge in [0.05, 0.1) is 11.3 Å². The van der Waals surface area contributed by atoms with Gasteiger partial charge in [0.1, 0.15) is 5.82 Å². The summed E-state index contributed by atoms with van der Waals surface area (Å²) < 4.78 is 0. The molecule has 0 fully saturated rings. The Bertz CT molecular complexity index is 745. The molecule has 6 nitrogen and oxygen atoms in total. The van der Waals surface area contributed by atoms with Crippen LogP contribution in [0.15, 0.2) is 30.5 Å². The number of amides is 1. The summed E-state index contributed by atoms with van der Waals surface area (Å²) >= 11 is 0. The lowest BCUT2D eigenvalue weighted by Gasteiger charge is -2.18. The van der Waals surface area contributed by atoms with Crippen molar-refractivity contribution in [3.05, 3.63) is 53.0 Å². The second-order valence-electron chi connectivity index (χ2n) is 6.54. The number of hydrogen-bond donors (Lipinski definition) is 1. The molecule has 1 amide bonds. The molecule has 3 heterocycles. The minimum atomic E-state index is -0.0893. The number of anilines is 1. The molecule has 3 rings (SSSR count). The van der Waals surface area contributed by atoms with Gasteiger partial charge in [-0.2, -0.15) is 0 Å². The van der Waals surface area contributed by atoms with E-state index in [1.165, 1.54) is 5.56 Å². The Morgan fingerprint density at radius 2 is 2.08 bits per heavy atom. The molecule has 0 saturated heterocycles. The van der Waals surface area contributed by atoms with Crippen LogP contribution < -0.4 is 10.2 Å². The highest BCUT2D eigenvalue weighted by Gasteiger charge is 2.21. The van der Waals surface area contributed by atoms with Crippen LogP contribution in [0.25, 0.3) is 0 Å². The second-order valence-corrected chi connectivity index (χ2v) is 6.54. The number of aromatic nitrogens is 2. The van der Waals surface area contributed by atoms with E-state index in [-0.39, 0.29) is 5.91 Å². The van der Waals surface area contributed by atoms with Crippen molar-refractivity contribution < 1.29 is 4.79 Å². The summed E-state index contributed by atoms with van der Waals surface area (Å²) in [6, 6.07) is 8.04. The fraction of sp³-hybridized carbons (Fsp3) is 0.421. The zero-order valence-electron chi connectivity index (χ0n) is 15.1. The van der Waals surface area contributed by atoms with E-state index in [2.05, 4.69) is 21.3 Å². The van der Waals surface area contributed by atoms with Crippen molar-refractivity contribution in [3.63, 3.8) is 0 Å². The van der Waals surface area contributed by atoms with Gasteiger partial charge in [-0.3, -0.25) is 14.7 Å². The maximum atomic E-state index is 12.2. The molecule has 2 aromatic heterocycles. The normalized spacial score (nSPS) is 14.5. The van der Waals surface area contributed by atoms with E-state index in [0.717, 1.165) is 49.7 Å². The average Bonchev–Trinajstić information content (AvgIpc) is 2.83. The second kappa shape index (κ2) is 7.61. The number of carbonyl (C=O) groups excluding carboxylic acids is 1. The highest BCUT2D eigenvalue weighted by Crippen LogP contribution is 2.23. The lowest BCUT2D eigenvalue weighted by molar-refractivity contribution is 0.0963. The number of fused-ring (bicyclic) bond motifs is 1. The Balaban J connectivity index is 1.82. The molecule has 0 aliphatic carbocycles. The van der Waals surface area contributed by atoms with Crippen LogP contribution in [0.1, 0.15) is 27.3 Å². The Kier molecular flexibility index (Phi) is 5.28. The topological polar surface area (TPSA) is 61.4 Å². The predicted octanol–water partition coefficient (Wildman–Crippen LogP) is 1.50. The summed E-state index contributed by atoms with van der Waals surface area (Å²) in [6.45, 7) is 2.74. The van der Waals surface area contributed by atoms with E-state index < -0.39 is 0 Å². The monoisotopic (exact) mass is 339 g/mol. The standard InChI is InChI=1S/C19H25N5O/c1-20-19(25)16-12-14-7-10-24(13-15-6-4-5-9-21-15)11-8-17(14)22-18(16)23(2)3/h4-6,9,12H,7-8,10-11,13H2,1-3H3,(H,20,25). The van der Waals surface area contributed by atoms with Gasteiger partial charge in [0, 0.05) is 59.1 Å². The van der Waals surface area contributed by atoms with Crippen LogP contribution in [-0.4, -0.2) is 55.0 Å². The summed E-state index contributed by atoms with van der Waals surface area (Å²) in [5.74, 6) is 0.643. The number of nitrogens with zero attached hydrogens (tertiary/aromatic N) is 4. The van der Waals surface area contributed by atoms with E-state index in [0.29, 0.717) is 5.56 Å². The highest BCUT2D eigenvalue weighted by molar-refractivity contribution is 5.99. The molecule has 0 saturated carbocycles. The molecule has 0 radical (unpaired) electrons. The molecule has 25 heavy (non-hydrogen) atoms. The van der Waals surface area contributed by atoms with Crippen LogP contribution in [-0.2, 0) is 19.4 Å². The first-order chi connectivity index (χ1) is 12.1. The lowest BCUT2D eigenvalue weighted by Crippen LogP contribution is -2.26. The zero-order chi connectivity index (χ0) is 17.8. The van der Waals surface area contributed by atoms with E-state index in [1.807, 2.05) is 43.4 Å². The molecule has 1 aliphatic heterocycles. The average molecular weight is 339 g/mol. The fourth-order valence-electron chi connectivity index (χ4n) is 3.19. The Hall–Kier alpha value is -2.47.